The van der Waals surface area contributed by atoms with E-state index in [1.165, 1.54) is 31.1 Å². The van der Waals surface area contributed by atoms with E-state index in [0.717, 1.165) is 32.2 Å². The van der Waals surface area contributed by atoms with Crippen molar-refractivity contribution in [3.05, 3.63) is 35.9 Å². The molecule has 5 nitrogen and oxygen atoms in total. The van der Waals surface area contributed by atoms with E-state index in [2.05, 4.69) is 11.4 Å². The lowest BCUT2D eigenvalue weighted by atomic mass is 9.69. The zero-order valence-corrected chi connectivity index (χ0v) is 13.9. The number of carbonyl (C=O) groups excluding carboxylic acids is 2. The summed E-state index contributed by atoms with van der Waals surface area (Å²) in [5, 5.41) is 3.07. The molecule has 0 radical (unpaired) electrons. The second-order valence-corrected chi connectivity index (χ2v) is 7.40. The number of furan rings is 1. The molecule has 1 aromatic heterocycles. The van der Waals surface area contributed by atoms with E-state index in [0.29, 0.717) is 24.4 Å². The molecule has 2 fully saturated rings. The average molecular weight is 328 g/mol. The van der Waals surface area contributed by atoms with Crippen molar-refractivity contribution in [1.29, 1.82) is 0 Å². The Morgan fingerprint density at radius 2 is 2.25 bits per heavy atom. The van der Waals surface area contributed by atoms with Crippen molar-refractivity contribution in [2.75, 3.05) is 13.1 Å². The number of amides is 2. The molecular formula is C19H24N2O3. The van der Waals surface area contributed by atoms with Crippen molar-refractivity contribution in [3.8, 4) is 0 Å². The maximum atomic E-state index is 12.5. The SMILES string of the molecule is O=C(NCC12CCCC=C1N(CC1CC1)C(=O)CC2)c1ccoc1. The third-order valence-electron chi connectivity index (χ3n) is 5.66. The molecule has 0 bridgehead atoms. The van der Waals surface area contributed by atoms with E-state index in [4.69, 9.17) is 4.42 Å². The number of hydrogen-bond donors (Lipinski definition) is 1. The zero-order valence-electron chi connectivity index (χ0n) is 13.9. The van der Waals surface area contributed by atoms with E-state index in [9.17, 15) is 9.59 Å². The topological polar surface area (TPSA) is 62.6 Å². The molecule has 1 atom stereocenters. The number of hydrogen-bond acceptors (Lipinski definition) is 3. The van der Waals surface area contributed by atoms with Crippen LogP contribution < -0.4 is 5.32 Å². The Kier molecular flexibility index (Phi) is 3.94. The quantitative estimate of drug-likeness (QED) is 0.903. The average Bonchev–Trinajstić information content (AvgIpc) is 3.25. The Balaban J connectivity index is 1.52. The number of likely N-dealkylation sites (tertiary alicyclic amines) is 1. The molecule has 5 heteroatoms. The van der Waals surface area contributed by atoms with Crippen LogP contribution in [-0.4, -0.2) is 29.8 Å². The third-order valence-corrected chi connectivity index (χ3v) is 5.66. The monoisotopic (exact) mass is 328 g/mol. The highest BCUT2D eigenvalue weighted by Crippen LogP contribution is 2.47. The summed E-state index contributed by atoms with van der Waals surface area (Å²) >= 11 is 0. The normalized spacial score (nSPS) is 26.8. The molecule has 24 heavy (non-hydrogen) atoms. The third kappa shape index (κ3) is 2.87. The highest BCUT2D eigenvalue weighted by atomic mass is 16.3. The predicted octanol–water partition coefficient (Wildman–Crippen LogP) is 3.10. The summed E-state index contributed by atoms with van der Waals surface area (Å²) < 4.78 is 4.99. The number of rotatable bonds is 5. The smallest absolute Gasteiger partial charge is 0.254 e. The molecule has 128 valence electrons. The summed E-state index contributed by atoms with van der Waals surface area (Å²) in [7, 11) is 0. The molecular weight excluding hydrogens is 304 g/mol. The largest absolute Gasteiger partial charge is 0.472 e. The van der Waals surface area contributed by atoms with Crippen molar-refractivity contribution >= 4 is 11.8 Å². The fourth-order valence-corrected chi connectivity index (χ4v) is 4.06. The summed E-state index contributed by atoms with van der Waals surface area (Å²) in [6.45, 7) is 1.46. The van der Waals surface area contributed by atoms with E-state index in [-0.39, 0.29) is 17.2 Å². The van der Waals surface area contributed by atoms with Gasteiger partial charge in [0.25, 0.3) is 5.91 Å². The number of piperidine rings is 1. The van der Waals surface area contributed by atoms with Crippen molar-refractivity contribution < 1.29 is 14.0 Å². The van der Waals surface area contributed by atoms with Gasteiger partial charge in [0.15, 0.2) is 0 Å². The minimum atomic E-state index is -0.103. The maximum absolute atomic E-state index is 12.5. The molecule has 1 saturated carbocycles. The molecule has 0 spiro atoms. The minimum absolute atomic E-state index is 0.0829. The fraction of sp³-hybridized carbons (Fsp3) is 0.579. The van der Waals surface area contributed by atoms with Gasteiger partial charge in [-0.2, -0.15) is 0 Å². The lowest BCUT2D eigenvalue weighted by Crippen LogP contribution is -2.51. The van der Waals surface area contributed by atoms with Gasteiger partial charge >= 0.3 is 0 Å². The number of carbonyl (C=O) groups is 2. The van der Waals surface area contributed by atoms with Crippen LogP contribution in [0.25, 0.3) is 0 Å². The summed E-state index contributed by atoms with van der Waals surface area (Å²) in [5.41, 5.74) is 1.64. The Bertz CT molecular complexity index is 660. The van der Waals surface area contributed by atoms with Gasteiger partial charge in [0.2, 0.25) is 5.91 Å². The van der Waals surface area contributed by atoms with Gasteiger partial charge < -0.3 is 14.6 Å². The molecule has 2 heterocycles. The number of fused-ring (bicyclic) bond motifs is 1. The number of allylic oxidation sites excluding steroid dienone is 1. The van der Waals surface area contributed by atoms with Crippen LogP contribution in [0.15, 0.2) is 34.8 Å². The van der Waals surface area contributed by atoms with Crippen LogP contribution in [0.2, 0.25) is 0 Å². The molecule has 2 aliphatic carbocycles. The molecule has 1 unspecified atom stereocenters. The summed E-state index contributed by atoms with van der Waals surface area (Å²) in [4.78, 5) is 26.8. The van der Waals surface area contributed by atoms with Crippen LogP contribution in [0.1, 0.15) is 55.3 Å². The van der Waals surface area contributed by atoms with E-state index < -0.39 is 0 Å². The van der Waals surface area contributed by atoms with Crippen LogP contribution in [-0.2, 0) is 4.79 Å². The van der Waals surface area contributed by atoms with Crippen LogP contribution in [0, 0.1) is 11.3 Å². The fourth-order valence-electron chi connectivity index (χ4n) is 4.06. The molecule has 2 amide bonds. The van der Waals surface area contributed by atoms with Crippen molar-refractivity contribution in [2.45, 2.75) is 44.9 Å². The second-order valence-electron chi connectivity index (χ2n) is 7.40. The molecule has 1 aliphatic heterocycles. The molecule has 3 aliphatic rings. The molecule has 4 rings (SSSR count). The van der Waals surface area contributed by atoms with Crippen LogP contribution in [0.5, 0.6) is 0 Å². The molecule has 1 aromatic rings. The Hall–Kier alpha value is -2.04. The lowest BCUT2D eigenvalue weighted by molar-refractivity contribution is -0.134. The van der Waals surface area contributed by atoms with Crippen molar-refractivity contribution in [3.63, 3.8) is 0 Å². The molecule has 1 saturated heterocycles. The van der Waals surface area contributed by atoms with Gasteiger partial charge in [-0.1, -0.05) is 6.08 Å². The van der Waals surface area contributed by atoms with E-state index in [1.54, 1.807) is 6.07 Å². The van der Waals surface area contributed by atoms with E-state index >= 15 is 0 Å². The second kappa shape index (κ2) is 6.11. The summed E-state index contributed by atoms with van der Waals surface area (Å²) in [5.74, 6) is 0.827. The Labute approximate surface area is 142 Å². The van der Waals surface area contributed by atoms with Gasteiger partial charge in [-0.05, 0) is 50.5 Å². The summed E-state index contributed by atoms with van der Waals surface area (Å²) in [6, 6.07) is 1.68. The first-order valence-electron chi connectivity index (χ1n) is 8.99. The maximum Gasteiger partial charge on any atom is 0.254 e. The van der Waals surface area contributed by atoms with Gasteiger partial charge in [-0.15, -0.1) is 0 Å². The van der Waals surface area contributed by atoms with Gasteiger partial charge in [-0.3, -0.25) is 9.59 Å². The lowest BCUT2D eigenvalue weighted by Gasteiger charge is -2.47. The van der Waals surface area contributed by atoms with Crippen LogP contribution >= 0.6 is 0 Å². The Morgan fingerprint density at radius 1 is 1.38 bits per heavy atom. The minimum Gasteiger partial charge on any atom is -0.472 e. The van der Waals surface area contributed by atoms with Gasteiger partial charge in [0, 0.05) is 30.6 Å². The Morgan fingerprint density at radius 3 is 3.00 bits per heavy atom. The van der Waals surface area contributed by atoms with Crippen LogP contribution in [0.4, 0.5) is 0 Å². The predicted molar refractivity (Wildman–Crippen MR) is 89.1 cm³/mol. The van der Waals surface area contributed by atoms with Gasteiger partial charge in [-0.25, -0.2) is 0 Å². The highest BCUT2D eigenvalue weighted by Gasteiger charge is 2.45. The number of nitrogens with zero attached hydrogens (tertiary/aromatic N) is 1. The van der Waals surface area contributed by atoms with Gasteiger partial charge in [0.1, 0.15) is 6.26 Å². The van der Waals surface area contributed by atoms with Gasteiger partial charge in [0.05, 0.1) is 11.8 Å². The van der Waals surface area contributed by atoms with E-state index in [1.807, 2.05) is 4.90 Å². The first-order chi connectivity index (χ1) is 11.7. The molecule has 1 N–H and O–H groups in total. The first kappa shape index (κ1) is 15.5. The standard InChI is InChI=1S/C19H24N2O3/c22-17-6-9-19(13-20-18(23)15-7-10-24-12-15)8-2-1-3-16(19)21(17)11-14-4-5-14/h3,7,10,12,14H,1-2,4-6,8-9,11,13H2,(H,20,23). The first-order valence-corrected chi connectivity index (χ1v) is 8.99. The van der Waals surface area contributed by atoms with Crippen LogP contribution in [0.3, 0.4) is 0 Å². The molecule has 0 aromatic carbocycles. The summed E-state index contributed by atoms with van der Waals surface area (Å²) in [6.07, 6.45) is 12.3. The van der Waals surface area contributed by atoms with Crippen molar-refractivity contribution in [2.24, 2.45) is 11.3 Å². The number of nitrogens with one attached hydrogen (secondary N) is 1. The highest BCUT2D eigenvalue weighted by molar-refractivity contribution is 5.93. The zero-order chi connectivity index (χ0) is 16.6. The van der Waals surface area contributed by atoms with Crippen molar-refractivity contribution in [1.82, 2.24) is 10.2 Å².